The number of carbonyl (C=O) groups excluding carboxylic acids is 1. The number of ether oxygens (including phenoxy) is 1. The van der Waals surface area contributed by atoms with Gasteiger partial charge in [-0.15, -0.1) is 0 Å². The van der Waals surface area contributed by atoms with Crippen LogP contribution in [0.2, 0.25) is 0 Å². The van der Waals surface area contributed by atoms with Crippen LogP contribution in [0.3, 0.4) is 0 Å². The molecule has 0 radical (unpaired) electrons. The summed E-state index contributed by atoms with van der Waals surface area (Å²) in [7, 11) is 0. The molecule has 0 amide bonds. The van der Waals surface area contributed by atoms with Crippen LogP contribution in [-0.4, -0.2) is 30.6 Å². The van der Waals surface area contributed by atoms with Crippen LogP contribution in [0.15, 0.2) is 11.8 Å². The van der Waals surface area contributed by atoms with Gasteiger partial charge in [0.25, 0.3) is 0 Å². The van der Waals surface area contributed by atoms with Gasteiger partial charge in [0.2, 0.25) is 0 Å². The standard InChI is InChI=1S/C8H8F7NO2/c1-2-18-5(17)3-4(16)6(9,10)7(11,12)8(13,14)15/h3H,2,16H2,1H3/b4-3-. The molecule has 10 heteroatoms. The molecule has 0 saturated heterocycles. The second-order valence-corrected chi connectivity index (χ2v) is 3.00. The summed E-state index contributed by atoms with van der Waals surface area (Å²) in [6.07, 6.45) is -6.83. The van der Waals surface area contributed by atoms with Gasteiger partial charge < -0.3 is 10.5 Å². The molecule has 0 spiro atoms. The zero-order valence-electron chi connectivity index (χ0n) is 8.82. The van der Waals surface area contributed by atoms with Gasteiger partial charge in [-0.1, -0.05) is 0 Å². The number of allylic oxidation sites excluding steroid dienone is 1. The second kappa shape index (κ2) is 5.02. The second-order valence-electron chi connectivity index (χ2n) is 3.00. The van der Waals surface area contributed by atoms with Crippen molar-refractivity contribution in [3.63, 3.8) is 0 Å². The highest BCUT2D eigenvalue weighted by molar-refractivity contribution is 5.82. The van der Waals surface area contributed by atoms with Crippen molar-refractivity contribution in [2.75, 3.05) is 6.61 Å². The van der Waals surface area contributed by atoms with Gasteiger partial charge in [-0.2, -0.15) is 30.7 Å². The van der Waals surface area contributed by atoms with E-state index in [4.69, 9.17) is 0 Å². The van der Waals surface area contributed by atoms with Crippen molar-refractivity contribution >= 4 is 5.97 Å². The van der Waals surface area contributed by atoms with Crippen molar-refractivity contribution in [1.29, 1.82) is 0 Å². The highest BCUT2D eigenvalue weighted by atomic mass is 19.4. The van der Waals surface area contributed by atoms with Gasteiger partial charge in [0, 0.05) is 6.08 Å². The lowest BCUT2D eigenvalue weighted by Crippen LogP contribution is -2.54. The molecule has 106 valence electrons. The lowest BCUT2D eigenvalue weighted by molar-refractivity contribution is -0.344. The van der Waals surface area contributed by atoms with Gasteiger partial charge in [-0.25, -0.2) is 4.79 Å². The average Bonchev–Trinajstić information content (AvgIpc) is 2.15. The largest absolute Gasteiger partial charge is 0.463 e. The molecule has 0 saturated carbocycles. The van der Waals surface area contributed by atoms with E-state index in [1.807, 2.05) is 0 Å². The average molecular weight is 283 g/mol. The van der Waals surface area contributed by atoms with Gasteiger partial charge in [0.15, 0.2) is 0 Å². The number of halogens is 7. The summed E-state index contributed by atoms with van der Waals surface area (Å²) in [6, 6.07) is 0. The van der Waals surface area contributed by atoms with E-state index < -0.39 is 29.7 Å². The maximum absolute atomic E-state index is 12.8. The molecule has 0 aliphatic rings. The summed E-state index contributed by atoms with van der Waals surface area (Å²) in [5, 5.41) is 0. The minimum atomic E-state index is -6.51. The van der Waals surface area contributed by atoms with Crippen LogP contribution in [0.4, 0.5) is 30.7 Å². The number of hydrogen-bond donors (Lipinski definition) is 1. The highest BCUT2D eigenvalue weighted by Crippen LogP contribution is 2.48. The number of esters is 1. The highest BCUT2D eigenvalue weighted by Gasteiger charge is 2.74. The van der Waals surface area contributed by atoms with E-state index in [0.717, 1.165) is 0 Å². The zero-order valence-corrected chi connectivity index (χ0v) is 8.82. The van der Waals surface area contributed by atoms with Crippen molar-refractivity contribution in [2.45, 2.75) is 24.9 Å². The molecule has 0 rings (SSSR count). The fraction of sp³-hybridized carbons (Fsp3) is 0.625. The molecule has 3 nitrogen and oxygen atoms in total. The molecular weight excluding hydrogens is 275 g/mol. The van der Waals surface area contributed by atoms with Gasteiger partial charge in [-0.05, 0) is 6.92 Å². The van der Waals surface area contributed by atoms with E-state index in [1.165, 1.54) is 6.92 Å². The molecule has 0 atom stereocenters. The first-order valence-electron chi connectivity index (χ1n) is 4.34. The quantitative estimate of drug-likeness (QED) is 0.489. The van der Waals surface area contributed by atoms with Crippen LogP contribution < -0.4 is 5.73 Å². The molecule has 18 heavy (non-hydrogen) atoms. The predicted molar refractivity (Wildman–Crippen MR) is 44.9 cm³/mol. The smallest absolute Gasteiger partial charge is 0.460 e. The molecule has 0 heterocycles. The third-order valence-corrected chi connectivity index (χ3v) is 1.67. The summed E-state index contributed by atoms with van der Waals surface area (Å²) < 4.78 is 89.8. The summed E-state index contributed by atoms with van der Waals surface area (Å²) >= 11 is 0. The maximum atomic E-state index is 12.8. The first-order chi connectivity index (χ1) is 7.88. The Bertz CT molecular complexity index is 348. The first-order valence-corrected chi connectivity index (χ1v) is 4.34. The third kappa shape index (κ3) is 3.05. The molecule has 0 fully saturated rings. The summed E-state index contributed by atoms with van der Waals surface area (Å²) in [6.45, 7) is 0.980. The lowest BCUT2D eigenvalue weighted by atomic mass is 10.1. The van der Waals surface area contributed by atoms with Gasteiger partial charge in [-0.3, -0.25) is 0 Å². The van der Waals surface area contributed by atoms with E-state index in [1.54, 1.807) is 0 Å². The molecule has 0 aromatic rings. The van der Waals surface area contributed by atoms with E-state index in [0.29, 0.717) is 0 Å². The minimum absolute atomic E-state index is 0.288. The van der Waals surface area contributed by atoms with Gasteiger partial charge in [0.1, 0.15) is 0 Å². The Morgan fingerprint density at radius 3 is 1.94 bits per heavy atom. The molecule has 0 aromatic carbocycles. The Morgan fingerprint density at radius 2 is 1.61 bits per heavy atom. The van der Waals surface area contributed by atoms with E-state index >= 15 is 0 Å². The van der Waals surface area contributed by atoms with E-state index in [-0.39, 0.29) is 12.7 Å². The Hall–Kier alpha value is -1.48. The number of alkyl halides is 7. The van der Waals surface area contributed by atoms with Crippen LogP contribution in [0.1, 0.15) is 6.92 Å². The molecule has 0 bridgehead atoms. The first kappa shape index (κ1) is 16.5. The predicted octanol–water partition coefficient (Wildman–Crippen LogP) is 2.23. The summed E-state index contributed by atoms with van der Waals surface area (Å²) in [5.41, 5.74) is 2.16. The lowest BCUT2D eigenvalue weighted by Gasteiger charge is -2.28. The SMILES string of the molecule is CCOC(=O)/C=C(\N)C(F)(F)C(F)(F)C(F)(F)F. The number of nitrogens with two attached hydrogens (primary N) is 1. The van der Waals surface area contributed by atoms with Crippen molar-refractivity contribution in [3.05, 3.63) is 11.8 Å². The minimum Gasteiger partial charge on any atom is -0.463 e. The Morgan fingerprint density at radius 1 is 1.17 bits per heavy atom. The Kier molecular flexibility index (Phi) is 4.61. The number of carbonyl (C=O) groups is 1. The van der Waals surface area contributed by atoms with Crippen LogP contribution >= 0.6 is 0 Å². The van der Waals surface area contributed by atoms with Crippen molar-refractivity contribution in [3.8, 4) is 0 Å². The van der Waals surface area contributed by atoms with Crippen LogP contribution in [0.5, 0.6) is 0 Å². The van der Waals surface area contributed by atoms with Crippen LogP contribution in [0, 0.1) is 0 Å². The number of rotatable bonds is 4. The van der Waals surface area contributed by atoms with E-state index in [9.17, 15) is 35.5 Å². The zero-order chi connectivity index (χ0) is 14.8. The van der Waals surface area contributed by atoms with Gasteiger partial charge in [0.05, 0.1) is 12.3 Å². The molecule has 0 aromatic heterocycles. The van der Waals surface area contributed by atoms with Crippen LogP contribution in [-0.2, 0) is 9.53 Å². The van der Waals surface area contributed by atoms with Crippen molar-refractivity contribution in [2.24, 2.45) is 5.73 Å². The van der Waals surface area contributed by atoms with Gasteiger partial charge >= 0.3 is 24.0 Å². The monoisotopic (exact) mass is 283 g/mol. The fourth-order valence-electron chi connectivity index (χ4n) is 0.761. The fourth-order valence-corrected chi connectivity index (χ4v) is 0.761. The van der Waals surface area contributed by atoms with E-state index in [2.05, 4.69) is 10.5 Å². The van der Waals surface area contributed by atoms with Crippen molar-refractivity contribution < 1.29 is 40.3 Å². The third-order valence-electron chi connectivity index (χ3n) is 1.67. The number of hydrogen-bond acceptors (Lipinski definition) is 3. The Labute approximate surface area is 96.4 Å². The van der Waals surface area contributed by atoms with Crippen LogP contribution in [0.25, 0.3) is 0 Å². The maximum Gasteiger partial charge on any atom is 0.460 e. The normalized spacial score (nSPS) is 14.6. The van der Waals surface area contributed by atoms with Crippen molar-refractivity contribution in [1.82, 2.24) is 0 Å². The molecule has 0 aliphatic carbocycles. The molecule has 2 N–H and O–H groups in total. The topological polar surface area (TPSA) is 52.3 Å². The molecular formula is C8H8F7NO2. The summed E-state index contributed by atoms with van der Waals surface area (Å²) in [4.78, 5) is 10.6. The molecule has 0 unspecified atom stereocenters. The Balaban J connectivity index is 5.33. The molecule has 0 aliphatic heterocycles. The summed E-state index contributed by atoms with van der Waals surface area (Å²) in [5.74, 6) is -13.7.